The third-order valence-corrected chi connectivity index (χ3v) is 10.9. The van der Waals surface area contributed by atoms with Gasteiger partial charge in [-0.25, -0.2) is 0 Å². The molecular weight excluding hydrogens is 520 g/mol. The maximum Gasteiger partial charge on any atom is 0.237 e. The number of amidine groups is 1. The SMILES string of the molecule is CCC[C@@H]1CCN[C@H](C(=O)N[C@@H](C2OC(SC)[C@@H](O)C(O)C2O)[C@H](C)SC2CN(C3=NCCS3)C2)C1. The molecule has 9 nitrogen and oxygen atoms in total. The van der Waals surface area contributed by atoms with Crippen molar-refractivity contribution in [1.29, 1.82) is 0 Å². The number of nitrogens with zero attached hydrogens (tertiary/aromatic N) is 2. The van der Waals surface area contributed by atoms with Crippen molar-refractivity contribution in [3.8, 4) is 0 Å². The van der Waals surface area contributed by atoms with Crippen LogP contribution in [0.15, 0.2) is 4.99 Å². The summed E-state index contributed by atoms with van der Waals surface area (Å²) in [6.45, 7) is 7.75. The molecule has 0 aromatic carbocycles. The Morgan fingerprint density at radius 1 is 1.31 bits per heavy atom. The summed E-state index contributed by atoms with van der Waals surface area (Å²) in [5.41, 5.74) is -0.677. The number of likely N-dealkylation sites (tertiary alicyclic amines) is 1. The fraction of sp³-hybridized carbons (Fsp3) is 0.917. The van der Waals surface area contributed by atoms with Crippen LogP contribution in [0.5, 0.6) is 0 Å². The van der Waals surface area contributed by atoms with E-state index in [1.54, 1.807) is 29.8 Å². The first-order valence-corrected chi connectivity index (χ1v) is 16.4. The van der Waals surface area contributed by atoms with Gasteiger partial charge in [-0.2, -0.15) is 0 Å². The van der Waals surface area contributed by atoms with E-state index >= 15 is 0 Å². The van der Waals surface area contributed by atoms with Gasteiger partial charge in [0.2, 0.25) is 5.91 Å². The number of carbonyl (C=O) groups is 1. The fourth-order valence-corrected chi connectivity index (χ4v) is 8.64. The van der Waals surface area contributed by atoms with Crippen molar-refractivity contribution in [2.75, 3.05) is 38.2 Å². The van der Waals surface area contributed by atoms with E-state index in [0.717, 1.165) is 62.8 Å². The van der Waals surface area contributed by atoms with Crippen molar-refractivity contribution in [2.45, 2.75) is 92.0 Å². The van der Waals surface area contributed by atoms with E-state index in [2.05, 4.69) is 34.4 Å². The molecule has 0 aromatic rings. The van der Waals surface area contributed by atoms with Gasteiger partial charge in [0.1, 0.15) is 29.9 Å². The van der Waals surface area contributed by atoms with Crippen LogP contribution in [0, 0.1) is 5.92 Å². The van der Waals surface area contributed by atoms with Gasteiger partial charge in [-0.1, -0.05) is 38.5 Å². The zero-order valence-electron chi connectivity index (χ0n) is 21.4. The standard InChI is InChI=1S/C24H42N4O5S3/c1-4-5-14-6-7-25-16(10-14)22(32)27-17(21-19(30)18(29)20(31)23(33-21)34-3)13(2)36-15-11-28(12-15)24-26-8-9-35-24/h13-21,23,25,29-31H,4-12H2,1-3H3,(H,27,32)/t13-,14+,16-,17+,18?,19?,20-,21?,23?/m0/s1. The van der Waals surface area contributed by atoms with Crippen LogP contribution in [-0.2, 0) is 9.53 Å². The number of hydrogen-bond donors (Lipinski definition) is 5. The average molecular weight is 563 g/mol. The second kappa shape index (κ2) is 13.2. The number of carbonyl (C=O) groups excluding carboxylic acids is 1. The molecule has 5 N–H and O–H groups in total. The van der Waals surface area contributed by atoms with E-state index in [0.29, 0.717) is 11.2 Å². The number of amides is 1. The molecule has 0 bridgehead atoms. The molecule has 4 unspecified atom stereocenters. The maximum absolute atomic E-state index is 13.4. The van der Waals surface area contributed by atoms with Crippen molar-refractivity contribution >= 4 is 46.4 Å². The fourth-order valence-electron chi connectivity index (χ4n) is 5.55. The zero-order valence-corrected chi connectivity index (χ0v) is 23.9. The van der Waals surface area contributed by atoms with E-state index < -0.39 is 35.9 Å². The Hall–Kier alpha value is -0.210. The first-order valence-electron chi connectivity index (χ1n) is 13.2. The van der Waals surface area contributed by atoms with Crippen LogP contribution in [0.4, 0.5) is 0 Å². The summed E-state index contributed by atoms with van der Waals surface area (Å²) in [6.07, 6.45) is 1.26. The quantitative estimate of drug-likeness (QED) is 0.274. The molecule has 0 spiro atoms. The van der Waals surface area contributed by atoms with Crippen LogP contribution in [0.1, 0.15) is 39.5 Å². The Morgan fingerprint density at radius 2 is 2.08 bits per heavy atom. The predicted molar refractivity (Wildman–Crippen MR) is 149 cm³/mol. The summed E-state index contributed by atoms with van der Waals surface area (Å²) in [5, 5.41) is 39.9. The highest BCUT2D eigenvalue weighted by atomic mass is 32.2. The molecule has 1 amide bonds. The molecule has 3 fully saturated rings. The lowest BCUT2D eigenvalue weighted by Gasteiger charge is -2.46. The Labute approximate surface area is 227 Å². The molecule has 0 aliphatic carbocycles. The third kappa shape index (κ3) is 6.67. The highest BCUT2D eigenvalue weighted by molar-refractivity contribution is 8.14. The second-order valence-electron chi connectivity index (χ2n) is 10.3. The predicted octanol–water partition coefficient (Wildman–Crippen LogP) is 0.719. The topological polar surface area (TPSA) is 127 Å². The highest BCUT2D eigenvalue weighted by Crippen LogP contribution is 2.35. The van der Waals surface area contributed by atoms with E-state index in [1.165, 1.54) is 11.8 Å². The smallest absolute Gasteiger partial charge is 0.237 e. The van der Waals surface area contributed by atoms with E-state index in [4.69, 9.17) is 4.74 Å². The number of rotatable bonds is 9. The lowest BCUT2D eigenvalue weighted by Crippen LogP contribution is -2.66. The third-order valence-electron chi connectivity index (χ3n) is 7.63. The van der Waals surface area contributed by atoms with Gasteiger partial charge in [0.05, 0.1) is 18.6 Å². The van der Waals surface area contributed by atoms with Gasteiger partial charge in [-0.3, -0.25) is 9.79 Å². The Kier molecular flexibility index (Phi) is 10.6. The monoisotopic (exact) mass is 562 g/mol. The number of nitrogens with one attached hydrogen (secondary N) is 2. The van der Waals surface area contributed by atoms with Crippen LogP contribution in [-0.4, -0.2) is 122 Å². The van der Waals surface area contributed by atoms with Crippen LogP contribution in [0.2, 0.25) is 0 Å². The largest absolute Gasteiger partial charge is 0.388 e. The maximum atomic E-state index is 13.4. The van der Waals surface area contributed by atoms with Crippen molar-refractivity contribution in [2.24, 2.45) is 10.9 Å². The van der Waals surface area contributed by atoms with Crippen molar-refractivity contribution in [1.82, 2.24) is 15.5 Å². The van der Waals surface area contributed by atoms with E-state index in [9.17, 15) is 20.1 Å². The molecule has 4 heterocycles. The molecule has 36 heavy (non-hydrogen) atoms. The number of aliphatic hydroxyl groups excluding tert-OH is 3. The van der Waals surface area contributed by atoms with E-state index in [1.807, 2.05) is 0 Å². The number of thioether (sulfide) groups is 3. The van der Waals surface area contributed by atoms with Gasteiger partial charge < -0.3 is 35.6 Å². The average Bonchev–Trinajstić information content (AvgIpc) is 3.38. The molecule has 4 rings (SSSR count). The van der Waals surface area contributed by atoms with Gasteiger partial charge in [0.25, 0.3) is 0 Å². The molecule has 0 saturated carbocycles. The van der Waals surface area contributed by atoms with Crippen LogP contribution >= 0.6 is 35.3 Å². The molecule has 4 aliphatic heterocycles. The number of aliphatic imine (C=N–C) groups is 1. The van der Waals surface area contributed by atoms with E-state index in [-0.39, 0.29) is 17.2 Å². The Morgan fingerprint density at radius 3 is 2.75 bits per heavy atom. The van der Waals surface area contributed by atoms with Gasteiger partial charge in [0.15, 0.2) is 5.17 Å². The number of aliphatic hydroxyl groups is 3. The number of hydrogen-bond acceptors (Lipinski definition) is 11. The van der Waals surface area contributed by atoms with Crippen LogP contribution in [0.25, 0.3) is 0 Å². The lowest BCUT2D eigenvalue weighted by atomic mass is 9.88. The Balaban J connectivity index is 1.44. The normalized spacial score (nSPS) is 37.2. The highest BCUT2D eigenvalue weighted by Gasteiger charge is 2.49. The van der Waals surface area contributed by atoms with Gasteiger partial charge in [0, 0.05) is 29.3 Å². The molecule has 3 saturated heterocycles. The molecule has 206 valence electrons. The van der Waals surface area contributed by atoms with Crippen LogP contribution in [0.3, 0.4) is 0 Å². The summed E-state index contributed by atoms with van der Waals surface area (Å²) in [5.74, 6) is 1.49. The molecule has 0 radical (unpaired) electrons. The molecule has 9 atom stereocenters. The van der Waals surface area contributed by atoms with Crippen molar-refractivity contribution in [3.05, 3.63) is 0 Å². The minimum atomic E-state index is -1.34. The molecule has 0 aromatic heterocycles. The minimum absolute atomic E-state index is 0.0705. The van der Waals surface area contributed by atoms with Gasteiger partial charge in [-0.15, -0.1) is 23.5 Å². The molecule has 12 heteroatoms. The minimum Gasteiger partial charge on any atom is -0.388 e. The second-order valence-corrected chi connectivity index (χ2v) is 14.0. The Bertz CT molecular complexity index is 770. The van der Waals surface area contributed by atoms with Crippen molar-refractivity contribution in [3.63, 3.8) is 0 Å². The summed E-state index contributed by atoms with van der Waals surface area (Å²) >= 11 is 4.87. The van der Waals surface area contributed by atoms with Crippen LogP contribution < -0.4 is 10.6 Å². The number of ether oxygens (including phenoxy) is 1. The summed E-state index contributed by atoms with van der Waals surface area (Å²) in [4.78, 5) is 20.3. The van der Waals surface area contributed by atoms with Crippen molar-refractivity contribution < 1.29 is 24.9 Å². The zero-order chi connectivity index (χ0) is 25.8. The summed E-state index contributed by atoms with van der Waals surface area (Å²) in [6, 6.07) is -0.797. The first kappa shape index (κ1) is 28.8. The molecular formula is C24H42N4O5S3. The lowest BCUT2D eigenvalue weighted by molar-refractivity contribution is -0.205. The number of piperidine rings is 1. The van der Waals surface area contributed by atoms with Gasteiger partial charge >= 0.3 is 0 Å². The summed E-state index contributed by atoms with van der Waals surface area (Å²) in [7, 11) is 0. The summed E-state index contributed by atoms with van der Waals surface area (Å²) < 4.78 is 6.12. The first-order chi connectivity index (χ1) is 17.3. The van der Waals surface area contributed by atoms with Gasteiger partial charge in [-0.05, 0) is 31.6 Å². The molecule has 4 aliphatic rings.